The van der Waals surface area contributed by atoms with Gasteiger partial charge in [-0.05, 0) is 38.8 Å². The molecule has 4 nitrogen and oxygen atoms in total. The molecule has 0 rings (SSSR count). The number of nitriles is 1. The summed E-state index contributed by atoms with van der Waals surface area (Å²) in [7, 11) is -3.15. The Labute approximate surface area is 94.4 Å². The third-order valence-electron chi connectivity index (χ3n) is 1.10. The molecule has 0 saturated carbocycles. The fourth-order valence-electron chi connectivity index (χ4n) is 0.574. The molecule has 0 bridgehead atoms. The zero-order chi connectivity index (χ0) is 10.5. The van der Waals surface area contributed by atoms with Gasteiger partial charge in [0.05, 0.1) is 6.61 Å². The highest BCUT2D eigenvalue weighted by Crippen LogP contribution is 2.53. The van der Waals surface area contributed by atoms with Crippen molar-refractivity contribution in [2.45, 2.75) is 17.3 Å². The Morgan fingerprint density at radius 2 is 2.08 bits per heavy atom. The molecule has 0 aromatic carbocycles. The molecule has 1 atom stereocenters. The minimum Gasteiger partial charge on any atom is -0.309 e. The zero-order valence-corrected chi connectivity index (χ0v) is 11.4. The predicted octanol–water partition coefficient (Wildman–Crippen LogP) is 3.22. The van der Waals surface area contributed by atoms with E-state index < -0.39 is 11.0 Å². The van der Waals surface area contributed by atoms with E-state index in [1.165, 1.54) is 0 Å². The van der Waals surface area contributed by atoms with Gasteiger partial charge >= 0.3 is 7.60 Å². The molecule has 0 amide bonds. The third kappa shape index (κ3) is 5.14. The second-order valence-electron chi connectivity index (χ2n) is 2.06. The summed E-state index contributed by atoms with van der Waals surface area (Å²) >= 11 is 5.82. The second-order valence-corrected chi connectivity index (χ2v) is 7.66. The van der Waals surface area contributed by atoms with Crippen molar-refractivity contribution < 1.29 is 13.6 Å². The highest BCUT2D eigenvalue weighted by Gasteiger charge is 2.34. The zero-order valence-electron chi connectivity index (χ0n) is 7.29. The van der Waals surface area contributed by atoms with Crippen LogP contribution >= 0.6 is 39.5 Å². The molecule has 0 fully saturated rings. The van der Waals surface area contributed by atoms with E-state index in [9.17, 15) is 4.57 Å². The molecule has 0 aromatic heterocycles. The molecule has 76 valence electrons. The van der Waals surface area contributed by atoms with E-state index in [1.807, 2.05) is 0 Å². The molecule has 0 N–H and O–H groups in total. The Morgan fingerprint density at radius 1 is 1.54 bits per heavy atom. The fraction of sp³-hybridized carbons (Fsp3) is 0.833. The van der Waals surface area contributed by atoms with Gasteiger partial charge in [-0.25, -0.2) is 0 Å². The van der Waals surface area contributed by atoms with Crippen molar-refractivity contribution in [3.8, 4) is 6.07 Å². The van der Waals surface area contributed by atoms with Gasteiger partial charge in [-0.15, -0.1) is 0 Å². The number of nitrogens with zero attached hydrogens (tertiary/aromatic N) is 1. The molecule has 0 aliphatic rings. The van der Waals surface area contributed by atoms with E-state index in [4.69, 9.17) is 14.3 Å². The predicted molar refractivity (Wildman–Crippen MR) is 57.1 cm³/mol. The lowest BCUT2D eigenvalue weighted by Gasteiger charge is -2.20. The fourth-order valence-corrected chi connectivity index (χ4v) is 3.05. The van der Waals surface area contributed by atoms with Gasteiger partial charge in [0, 0.05) is 6.16 Å². The number of halogens is 2. The summed E-state index contributed by atoms with van der Waals surface area (Å²) in [5.41, 5.74) is 0. The minimum absolute atomic E-state index is 0.224. The molecule has 0 aliphatic carbocycles. The lowest BCUT2D eigenvalue weighted by atomic mass is 10.8. The number of hydrogen-bond acceptors (Lipinski definition) is 4. The van der Waals surface area contributed by atoms with Crippen molar-refractivity contribution in [2.75, 3.05) is 12.8 Å². The average molecular weight is 335 g/mol. The van der Waals surface area contributed by atoms with Crippen LogP contribution in [0.2, 0.25) is 0 Å². The Bertz CT molecular complexity index is 251. The van der Waals surface area contributed by atoms with Crippen LogP contribution in [0.1, 0.15) is 13.8 Å². The maximum absolute atomic E-state index is 11.7. The van der Waals surface area contributed by atoms with E-state index in [1.54, 1.807) is 19.9 Å². The average Bonchev–Trinajstić information content (AvgIpc) is 2.04. The van der Waals surface area contributed by atoms with Crippen molar-refractivity contribution in [1.82, 2.24) is 0 Å². The van der Waals surface area contributed by atoms with Gasteiger partial charge in [0.25, 0.3) is 3.42 Å². The maximum Gasteiger partial charge on any atom is 0.333 e. The Hall–Kier alpha value is 0.600. The van der Waals surface area contributed by atoms with Crippen LogP contribution in [0.15, 0.2) is 0 Å². The summed E-state index contributed by atoms with van der Waals surface area (Å²) in [5.74, 6) is 0. The van der Waals surface area contributed by atoms with Crippen LogP contribution in [0, 0.1) is 11.3 Å². The van der Waals surface area contributed by atoms with Crippen LogP contribution in [0.4, 0.5) is 0 Å². The Morgan fingerprint density at radius 3 is 2.38 bits per heavy atom. The molecule has 13 heavy (non-hydrogen) atoms. The van der Waals surface area contributed by atoms with Gasteiger partial charge in [0.15, 0.2) is 0 Å². The molecule has 0 radical (unpaired) electrons. The van der Waals surface area contributed by atoms with Gasteiger partial charge in [-0.1, -0.05) is 6.92 Å². The van der Waals surface area contributed by atoms with Crippen LogP contribution in [0.5, 0.6) is 0 Å². The first kappa shape index (κ1) is 13.6. The Balaban J connectivity index is 4.47. The molecule has 7 heteroatoms. The standard InChI is InChI=1S/C6H10Br2NO3P/c1-3-11-13(10,4-2)12-6(7,8)5-9/h3-4H2,1-2H3. The SMILES string of the molecule is CCOP(=O)(CC)OC(Br)(Br)C#N. The molecule has 0 aromatic rings. The smallest absolute Gasteiger partial charge is 0.309 e. The van der Waals surface area contributed by atoms with Crippen molar-refractivity contribution in [3.05, 3.63) is 0 Å². The molecule has 1 unspecified atom stereocenters. The topological polar surface area (TPSA) is 59.3 Å². The van der Waals surface area contributed by atoms with Gasteiger partial charge in [-0.2, -0.15) is 5.26 Å². The lowest BCUT2D eigenvalue weighted by Crippen LogP contribution is -2.13. The highest BCUT2D eigenvalue weighted by molar-refractivity contribution is 9.25. The summed E-state index contributed by atoms with van der Waals surface area (Å²) in [4.78, 5) is 0. The minimum atomic E-state index is -3.15. The van der Waals surface area contributed by atoms with E-state index in [-0.39, 0.29) is 12.8 Å². The Kier molecular flexibility index (Phi) is 5.73. The number of hydrogen-bond donors (Lipinski definition) is 0. The van der Waals surface area contributed by atoms with Crippen LogP contribution < -0.4 is 0 Å². The molecule has 0 heterocycles. The maximum atomic E-state index is 11.7. The van der Waals surface area contributed by atoms with Crippen molar-refractivity contribution in [1.29, 1.82) is 5.26 Å². The van der Waals surface area contributed by atoms with E-state index in [2.05, 4.69) is 31.9 Å². The summed E-state index contributed by atoms with van der Waals surface area (Å²) in [6.45, 7) is 3.67. The highest BCUT2D eigenvalue weighted by atomic mass is 79.9. The van der Waals surface area contributed by atoms with Crippen molar-refractivity contribution in [2.24, 2.45) is 0 Å². The van der Waals surface area contributed by atoms with Crippen LogP contribution in [0.25, 0.3) is 0 Å². The number of rotatable bonds is 5. The number of alkyl halides is 2. The van der Waals surface area contributed by atoms with Gasteiger partial charge in [0.2, 0.25) is 0 Å². The van der Waals surface area contributed by atoms with E-state index in [0.29, 0.717) is 0 Å². The molecule has 0 aliphatic heterocycles. The van der Waals surface area contributed by atoms with Crippen molar-refractivity contribution >= 4 is 39.5 Å². The largest absolute Gasteiger partial charge is 0.333 e. The van der Waals surface area contributed by atoms with Crippen molar-refractivity contribution in [3.63, 3.8) is 0 Å². The van der Waals surface area contributed by atoms with E-state index in [0.717, 1.165) is 0 Å². The first-order valence-electron chi connectivity index (χ1n) is 3.62. The normalized spacial score (nSPS) is 16.2. The first-order chi connectivity index (χ1) is 5.89. The first-order valence-corrected chi connectivity index (χ1v) is 6.94. The van der Waals surface area contributed by atoms with Gasteiger partial charge in [-0.3, -0.25) is 9.09 Å². The summed E-state index contributed by atoms with van der Waals surface area (Å²) in [6.07, 6.45) is 0.224. The lowest BCUT2D eigenvalue weighted by molar-refractivity contribution is 0.213. The molecular weight excluding hydrogens is 325 g/mol. The molecule has 0 saturated heterocycles. The van der Waals surface area contributed by atoms with Crippen LogP contribution in [-0.2, 0) is 13.6 Å². The van der Waals surface area contributed by atoms with Gasteiger partial charge in [0.1, 0.15) is 6.07 Å². The molecular formula is C6H10Br2NO3P. The van der Waals surface area contributed by atoms with Gasteiger partial charge < -0.3 is 4.52 Å². The summed E-state index contributed by atoms with van der Waals surface area (Å²) in [5, 5.41) is 8.58. The second kappa shape index (κ2) is 5.47. The quantitative estimate of drug-likeness (QED) is 0.572. The summed E-state index contributed by atoms with van der Waals surface area (Å²) < 4.78 is 20.2. The molecule has 0 spiro atoms. The van der Waals surface area contributed by atoms with E-state index >= 15 is 0 Å². The summed E-state index contributed by atoms with van der Waals surface area (Å²) in [6, 6.07) is 1.75. The third-order valence-corrected chi connectivity index (χ3v) is 4.25. The van der Waals surface area contributed by atoms with Crippen LogP contribution in [-0.4, -0.2) is 16.2 Å². The monoisotopic (exact) mass is 333 g/mol. The van der Waals surface area contributed by atoms with Crippen LogP contribution in [0.3, 0.4) is 0 Å².